The van der Waals surface area contributed by atoms with Crippen molar-refractivity contribution in [3.05, 3.63) is 34.3 Å². The topological polar surface area (TPSA) is 49.8 Å². The molecule has 0 saturated heterocycles. The van der Waals surface area contributed by atoms with Gasteiger partial charge in [-0.05, 0) is 17.5 Å². The number of nitriles is 1. The molecule has 0 spiro atoms. The molecule has 0 aliphatic heterocycles. The van der Waals surface area contributed by atoms with E-state index in [1.807, 2.05) is 38.1 Å². The molecule has 2 atom stereocenters. The summed E-state index contributed by atoms with van der Waals surface area (Å²) in [5.74, 6) is 0.112. The lowest BCUT2D eigenvalue weighted by Gasteiger charge is -2.22. The van der Waals surface area contributed by atoms with Gasteiger partial charge in [0.2, 0.25) is 0 Å². The van der Waals surface area contributed by atoms with Crippen molar-refractivity contribution in [1.29, 1.82) is 5.26 Å². The summed E-state index contributed by atoms with van der Waals surface area (Å²) < 4.78 is 0.971. The zero-order chi connectivity index (χ0) is 11.4. The summed E-state index contributed by atoms with van der Waals surface area (Å²) in [6.45, 7) is 4.04. The van der Waals surface area contributed by atoms with E-state index in [1.54, 1.807) is 0 Å². The molecule has 2 unspecified atom stereocenters. The van der Waals surface area contributed by atoms with Gasteiger partial charge in [0.25, 0.3) is 0 Å². The summed E-state index contributed by atoms with van der Waals surface area (Å²) in [4.78, 5) is 0. The second-order valence-electron chi connectivity index (χ2n) is 3.95. The van der Waals surface area contributed by atoms with Crippen LogP contribution in [0.15, 0.2) is 28.7 Å². The summed E-state index contributed by atoms with van der Waals surface area (Å²) >= 11 is 3.45. The third-order valence-corrected chi connectivity index (χ3v) is 3.24. The van der Waals surface area contributed by atoms with Crippen LogP contribution in [-0.4, -0.2) is 0 Å². The van der Waals surface area contributed by atoms with Gasteiger partial charge in [-0.3, -0.25) is 0 Å². The van der Waals surface area contributed by atoms with Crippen molar-refractivity contribution >= 4 is 15.9 Å². The van der Waals surface area contributed by atoms with Crippen LogP contribution in [0.5, 0.6) is 0 Å². The fourth-order valence-corrected chi connectivity index (χ4v) is 2.13. The Balaban J connectivity index is 2.99. The van der Waals surface area contributed by atoms with Crippen molar-refractivity contribution in [3.63, 3.8) is 0 Å². The molecular formula is C12H15BrN2. The molecule has 1 aromatic carbocycles. The van der Waals surface area contributed by atoms with Crippen LogP contribution in [-0.2, 0) is 0 Å². The van der Waals surface area contributed by atoms with E-state index in [9.17, 15) is 0 Å². The van der Waals surface area contributed by atoms with Crippen LogP contribution in [0.1, 0.15) is 25.5 Å². The van der Waals surface area contributed by atoms with Gasteiger partial charge < -0.3 is 5.73 Å². The molecule has 0 amide bonds. The van der Waals surface area contributed by atoms with Crippen LogP contribution < -0.4 is 5.73 Å². The molecule has 0 saturated carbocycles. The summed E-state index contributed by atoms with van der Waals surface area (Å²) in [6.07, 6.45) is 0. The minimum Gasteiger partial charge on any atom is -0.323 e. The molecule has 1 rings (SSSR count). The molecule has 1 aromatic rings. The van der Waals surface area contributed by atoms with Gasteiger partial charge in [-0.25, -0.2) is 0 Å². The number of nitrogens with zero attached hydrogens (tertiary/aromatic N) is 1. The zero-order valence-corrected chi connectivity index (χ0v) is 10.5. The van der Waals surface area contributed by atoms with Crippen LogP contribution in [0, 0.1) is 23.2 Å². The zero-order valence-electron chi connectivity index (χ0n) is 8.94. The normalized spacial score (nSPS) is 14.7. The molecule has 0 radical (unpaired) electrons. The Kier molecular flexibility index (Phi) is 4.31. The van der Waals surface area contributed by atoms with Crippen LogP contribution >= 0.6 is 15.9 Å². The van der Waals surface area contributed by atoms with Gasteiger partial charge in [0.15, 0.2) is 0 Å². The predicted octanol–water partition coefficient (Wildman–Crippen LogP) is 3.24. The van der Waals surface area contributed by atoms with Gasteiger partial charge in [0.1, 0.15) is 0 Å². The van der Waals surface area contributed by atoms with Crippen LogP contribution in [0.2, 0.25) is 0 Å². The van der Waals surface area contributed by atoms with Gasteiger partial charge in [-0.2, -0.15) is 5.26 Å². The van der Waals surface area contributed by atoms with E-state index >= 15 is 0 Å². The molecule has 2 N–H and O–H groups in total. The Morgan fingerprint density at radius 3 is 2.40 bits per heavy atom. The van der Waals surface area contributed by atoms with Gasteiger partial charge in [0, 0.05) is 10.5 Å². The Morgan fingerprint density at radius 1 is 1.33 bits per heavy atom. The fraction of sp³-hybridized carbons (Fsp3) is 0.417. The van der Waals surface area contributed by atoms with Crippen molar-refractivity contribution in [2.45, 2.75) is 19.9 Å². The number of nitrogens with two attached hydrogens (primary N) is 1. The maximum Gasteiger partial charge on any atom is 0.0679 e. The average molecular weight is 267 g/mol. The number of rotatable bonds is 3. The Bertz CT molecular complexity index is 368. The maximum atomic E-state index is 9.07. The second-order valence-corrected chi connectivity index (χ2v) is 4.80. The summed E-state index contributed by atoms with van der Waals surface area (Å²) in [5, 5.41) is 9.07. The lowest BCUT2D eigenvalue weighted by Crippen LogP contribution is -2.24. The van der Waals surface area contributed by atoms with E-state index in [-0.39, 0.29) is 17.9 Å². The summed E-state index contributed by atoms with van der Waals surface area (Å²) in [7, 11) is 0. The van der Waals surface area contributed by atoms with Crippen LogP contribution in [0.4, 0.5) is 0 Å². The van der Waals surface area contributed by atoms with Gasteiger partial charge in [-0.15, -0.1) is 0 Å². The van der Waals surface area contributed by atoms with Gasteiger partial charge in [-0.1, -0.05) is 48.0 Å². The SMILES string of the molecule is CC(C)C(C#N)C(N)c1ccccc1Br. The lowest BCUT2D eigenvalue weighted by atomic mass is 9.86. The molecule has 0 aromatic heterocycles. The van der Waals surface area contributed by atoms with E-state index in [1.165, 1.54) is 0 Å². The van der Waals surface area contributed by atoms with Crippen molar-refractivity contribution in [3.8, 4) is 6.07 Å². The Labute approximate surface area is 99.2 Å². The molecule has 15 heavy (non-hydrogen) atoms. The monoisotopic (exact) mass is 266 g/mol. The number of hydrogen-bond acceptors (Lipinski definition) is 2. The Morgan fingerprint density at radius 2 is 1.93 bits per heavy atom. The highest BCUT2D eigenvalue weighted by Crippen LogP contribution is 2.30. The average Bonchev–Trinajstić information content (AvgIpc) is 2.18. The maximum absolute atomic E-state index is 9.07. The fourth-order valence-electron chi connectivity index (χ4n) is 1.58. The molecule has 3 heteroatoms. The van der Waals surface area contributed by atoms with Crippen molar-refractivity contribution in [2.24, 2.45) is 17.6 Å². The molecular weight excluding hydrogens is 252 g/mol. The highest BCUT2D eigenvalue weighted by Gasteiger charge is 2.23. The number of halogens is 1. The van der Waals surface area contributed by atoms with Gasteiger partial charge in [0.05, 0.1) is 12.0 Å². The first-order valence-corrected chi connectivity index (χ1v) is 5.76. The molecule has 2 nitrogen and oxygen atoms in total. The third-order valence-electron chi connectivity index (χ3n) is 2.52. The first-order valence-electron chi connectivity index (χ1n) is 4.97. The van der Waals surface area contributed by atoms with Crippen molar-refractivity contribution < 1.29 is 0 Å². The van der Waals surface area contributed by atoms with E-state index in [0.29, 0.717) is 0 Å². The molecule has 0 heterocycles. The van der Waals surface area contributed by atoms with E-state index in [0.717, 1.165) is 10.0 Å². The second kappa shape index (κ2) is 5.29. The number of benzene rings is 1. The molecule has 0 fully saturated rings. The van der Waals surface area contributed by atoms with Gasteiger partial charge >= 0.3 is 0 Å². The van der Waals surface area contributed by atoms with Crippen molar-refractivity contribution in [1.82, 2.24) is 0 Å². The molecule has 0 aliphatic carbocycles. The van der Waals surface area contributed by atoms with E-state index in [2.05, 4.69) is 22.0 Å². The highest BCUT2D eigenvalue weighted by molar-refractivity contribution is 9.10. The predicted molar refractivity (Wildman–Crippen MR) is 65.0 cm³/mol. The minimum absolute atomic E-state index is 0.149. The quantitative estimate of drug-likeness (QED) is 0.913. The standard InChI is InChI=1S/C12H15BrN2/c1-8(2)10(7-14)12(15)9-5-3-4-6-11(9)13/h3-6,8,10,12H,15H2,1-2H3. The van der Waals surface area contributed by atoms with E-state index < -0.39 is 0 Å². The number of hydrogen-bond donors (Lipinski definition) is 1. The van der Waals surface area contributed by atoms with Crippen LogP contribution in [0.25, 0.3) is 0 Å². The lowest BCUT2D eigenvalue weighted by molar-refractivity contribution is 0.403. The largest absolute Gasteiger partial charge is 0.323 e. The first-order chi connectivity index (χ1) is 7.07. The van der Waals surface area contributed by atoms with Crippen LogP contribution in [0.3, 0.4) is 0 Å². The molecule has 0 aliphatic rings. The highest BCUT2D eigenvalue weighted by atomic mass is 79.9. The first kappa shape index (κ1) is 12.2. The van der Waals surface area contributed by atoms with Crippen molar-refractivity contribution in [2.75, 3.05) is 0 Å². The minimum atomic E-state index is -0.231. The summed E-state index contributed by atoms with van der Waals surface area (Å²) in [6, 6.07) is 9.84. The summed E-state index contributed by atoms with van der Waals surface area (Å²) in [5.41, 5.74) is 7.10. The third kappa shape index (κ3) is 2.80. The smallest absolute Gasteiger partial charge is 0.0679 e. The molecule has 80 valence electrons. The molecule has 0 bridgehead atoms. The van der Waals surface area contributed by atoms with E-state index in [4.69, 9.17) is 11.0 Å². The Hall–Kier alpha value is -0.850.